The Labute approximate surface area is 121 Å². The predicted octanol–water partition coefficient (Wildman–Crippen LogP) is 3.74. The van der Waals surface area contributed by atoms with Crippen LogP contribution in [0.1, 0.15) is 5.56 Å². The third-order valence-electron chi connectivity index (χ3n) is 2.34. The first-order chi connectivity index (χ1) is 8.29. The lowest BCUT2D eigenvalue weighted by Gasteiger charge is -2.09. The van der Waals surface area contributed by atoms with E-state index >= 15 is 0 Å². The van der Waals surface area contributed by atoms with Crippen molar-refractivity contribution in [3.8, 4) is 5.75 Å². The van der Waals surface area contributed by atoms with E-state index in [1.807, 2.05) is 48.5 Å². The van der Waals surface area contributed by atoms with E-state index in [-0.39, 0.29) is 12.4 Å². The highest BCUT2D eigenvalue weighted by molar-refractivity contribution is 9.10. The summed E-state index contributed by atoms with van der Waals surface area (Å²) in [6.45, 7) is 0.548. The number of rotatable bonds is 4. The van der Waals surface area contributed by atoms with E-state index in [2.05, 4.69) is 21.4 Å². The van der Waals surface area contributed by atoms with E-state index in [0.29, 0.717) is 6.61 Å². The summed E-state index contributed by atoms with van der Waals surface area (Å²) in [5.41, 5.74) is 4.55. The van der Waals surface area contributed by atoms with Gasteiger partial charge < -0.3 is 10.2 Å². The molecular weight excluding hydrogens is 316 g/mol. The van der Waals surface area contributed by atoms with Gasteiger partial charge in [-0.2, -0.15) is 0 Å². The first-order valence-electron chi connectivity index (χ1n) is 5.22. The molecule has 0 spiro atoms. The number of halogens is 2. The average molecular weight is 330 g/mol. The molecule has 0 aliphatic heterocycles. The van der Waals surface area contributed by atoms with Crippen molar-refractivity contribution < 1.29 is 4.74 Å². The Morgan fingerprint density at radius 3 is 2.50 bits per heavy atom. The van der Waals surface area contributed by atoms with Gasteiger partial charge >= 0.3 is 0 Å². The van der Waals surface area contributed by atoms with Gasteiger partial charge in [-0.15, -0.1) is 12.4 Å². The number of nitrogens with two attached hydrogens (primary N) is 1. The smallest absolute Gasteiger partial charge is 0.122 e. The molecule has 0 bridgehead atoms. The summed E-state index contributed by atoms with van der Waals surface area (Å²) in [5.74, 6) is 6.17. The SMILES string of the molecule is Cl.NNc1cc(OCc2ccccc2)ccc1Br. The fraction of sp³-hybridized carbons (Fsp3) is 0.0769. The van der Waals surface area contributed by atoms with Crippen LogP contribution in [0.3, 0.4) is 0 Å². The van der Waals surface area contributed by atoms with E-state index in [1.165, 1.54) is 0 Å². The summed E-state index contributed by atoms with van der Waals surface area (Å²) < 4.78 is 6.58. The highest BCUT2D eigenvalue weighted by Gasteiger charge is 2.01. The number of hydrogen-bond donors (Lipinski definition) is 2. The van der Waals surface area contributed by atoms with E-state index in [4.69, 9.17) is 10.6 Å². The van der Waals surface area contributed by atoms with E-state index < -0.39 is 0 Å². The van der Waals surface area contributed by atoms with Crippen LogP contribution in [0.2, 0.25) is 0 Å². The van der Waals surface area contributed by atoms with Gasteiger partial charge in [-0.3, -0.25) is 5.84 Å². The second-order valence-corrected chi connectivity index (χ2v) is 4.41. The molecule has 2 rings (SSSR count). The molecule has 0 saturated heterocycles. The molecule has 0 radical (unpaired) electrons. The number of nitrogens with one attached hydrogen (secondary N) is 1. The van der Waals surface area contributed by atoms with Crippen LogP contribution in [0.25, 0.3) is 0 Å². The number of ether oxygens (including phenoxy) is 1. The number of anilines is 1. The molecule has 5 heteroatoms. The topological polar surface area (TPSA) is 47.3 Å². The molecule has 3 N–H and O–H groups in total. The Bertz CT molecular complexity index is 494. The van der Waals surface area contributed by atoms with Crippen LogP contribution < -0.4 is 16.0 Å². The Morgan fingerprint density at radius 2 is 1.83 bits per heavy atom. The highest BCUT2D eigenvalue weighted by Crippen LogP contribution is 2.26. The first kappa shape index (κ1) is 14.8. The Balaban J connectivity index is 0.00000162. The lowest BCUT2D eigenvalue weighted by Crippen LogP contribution is -2.07. The van der Waals surface area contributed by atoms with Crippen LogP contribution in [0, 0.1) is 0 Å². The molecule has 3 nitrogen and oxygen atoms in total. The van der Waals surface area contributed by atoms with Gasteiger partial charge in [0.2, 0.25) is 0 Å². The van der Waals surface area contributed by atoms with E-state index in [0.717, 1.165) is 21.5 Å². The average Bonchev–Trinajstić information content (AvgIpc) is 2.39. The maximum Gasteiger partial charge on any atom is 0.122 e. The van der Waals surface area contributed by atoms with Gasteiger partial charge in [0.15, 0.2) is 0 Å². The zero-order valence-corrected chi connectivity index (χ0v) is 12.0. The largest absolute Gasteiger partial charge is 0.489 e. The zero-order chi connectivity index (χ0) is 12.1. The minimum Gasteiger partial charge on any atom is -0.489 e. The molecule has 0 fully saturated rings. The van der Waals surface area contributed by atoms with Gasteiger partial charge in [-0.05, 0) is 33.6 Å². The molecule has 0 saturated carbocycles. The van der Waals surface area contributed by atoms with Crippen molar-refractivity contribution in [1.29, 1.82) is 0 Å². The van der Waals surface area contributed by atoms with E-state index in [9.17, 15) is 0 Å². The lowest BCUT2D eigenvalue weighted by atomic mass is 10.2. The summed E-state index contributed by atoms with van der Waals surface area (Å²) in [4.78, 5) is 0. The molecule has 0 aromatic heterocycles. The van der Waals surface area contributed by atoms with Crippen molar-refractivity contribution in [2.24, 2.45) is 5.84 Å². The van der Waals surface area contributed by atoms with Gasteiger partial charge in [0.05, 0.1) is 5.69 Å². The van der Waals surface area contributed by atoms with Crippen LogP contribution in [-0.2, 0) is 6.61 Å². The van der Waals surface area contributed by atoms with Crippen molar-refractivity contribution >= 4 is 34.0 Å². The molecule has 0 unspecified atom stereocenters. The third-order valence-corrected chi connectivity index (χ3v) is 3.03. The predicted molar refractivity (Wildman–Crippen MR) is 80.0 cm³/mol. The molecule has 18 heavy (non-hydrogen) atoms. The minimum atomic E-state index is 0. The van der Waals surface area contributed by atoms with Gasteiger partial charge in [0.1, 0.15) is 12.4 Å². The van der Waals surface area contributed by atoms with Crippen LogP contribution >= 0.6 is 28.3 Å². The fourth-order valence-electron chi connectivity index (χ4n) is 1.45. The van der Waals surface area contributed by atoms with Crippen LogP contribution in [0.5, 0.6) is 5.75 Å². The van der Waals surface area contributed by atoms with E-state index in [1.54, 1.807) is 0 Å². The zero-order valence-electron chi connectivity index (χ0n) is 9.60. The molecule has 0 aliphatic carbocycles. The molecule has 0 heterocycles. The standard InChI is InChI=1S/C13H13BrN2O.ClH/c14-12-7-6-11(8-13(12)16-15)17-9-10-4-2-1-3-5-10;/h1-8,16H,9,15H2;1H. The van der Waals surface area contributed by atoms with Crippen molar-refractivity contribution in [3.63, 3.8) is 0 Å². The van der Waals surface area contributed by atoms with Gasteiger partial charge in [0, 0.05) is 10.5 Å². The molecule has 2 aromatic rings. The summed E-state index contributed by atoms with van der Waals surface area (Å²) in [5, 5.41) is 0. The molecule has 2 aromatic carbocycles. The quantitative estimate of drug-likeness (QED) is 0.663. The molecule has 0 amide bonds. The number of hydrogen-bond acceptors (Lipinski definition) is 3. The van der Waals surface area contributed by atoms with Gasteiger partial charge in [-0.25, -0.2) is 0 Å². The second kappa shape index (κ2) is 7.26. The van der Waals surface area contributed by atoms with Crippen LogP contribution in [0.4, 0.5) is 5.69 Å². The highest BCUT2D eigenvalue weighted by atomic mass is 79.9. The van der Waals surface area contributed by atoms with Gasteiger partial charge in [-0.1, -0.05) is 30.3 Å². The van der Waals surface area contributed by atoms with Crippen molar-refractivity contribution in [1.82, 2.24) is 0 Å². The maximum absolute atomic E-state index is 5.67. The molecule has 96 valence electrons. The maximum atomic E-state index is 5.67. The summed E-state index contributed by atoms with van der Waals surface area (Å²) in [6, 6.07) is 15.7. The van der Waals surface area contributed by atoms with Crippen molar-refractivity contribution in [3.05, 3.63) is 58.6 Å². The normalized spacial score (nSPS) is 9.44. The summed E-state index contributed by atoms with van der Waals surface area (Å²) in [6.07, 6.45) is 0. The van der Waals surface area contributed by atoms with Crippen LogP contribution in [-0.4, -0.2) is 0 Å². The second-order valence-electron chi connectivity index (χ2n) is 3.56. The molecule has 0 atom stereocenters. The monoisotopic (exact) mass is 328 g/mol. The van der Waals surface area contributed by atoms with Crippen LogP contribution in [0.15, 0.2) is 53.0 Å². The fourth-order valence-corrected chi connectivity index (χ4v) is 1.81. The Kier molecular flexibility index (Phi) is 5.98. The minimum absolute atomic E-state index is 0. The number of benzene rings is 2. The summed E-state index contributed by atoms with van der Waals surface area (Å²) in [7, 11) is 0. The Hall–Kier alpha value is -1.23. The van der Waals surface area contributed by atoms with Gasteiger partial charge in [0.25, 0.3) is 0 Å². The third kappa shape index (κ3) is 3.91. The first-order valence-corrected chi connectivity index (χ1v) is 6.02. The van der Waals surface area contributed by atoms with Crippen molar-refractivity contribution in [2.45, 2.75) is 6.61 Å². The number of hydrazine groups is 1. The van der Waals surface area contributed by atoms with Crippen molar-refractivity contribution in [2.75, 3.05) is 5.43 Å². The lowest BCUT2D eigenvalue weighted by molar-refractivity contribution is 0.306. The molecule has 0 aliphatic rings. The molecular formula is C13H14BrClN2O. The summed E-state index contributed by atoms with van der Waals surface area (Å²) >= 11 is 3.39. The number of nitrogen functional groups attached to an aromatic ring is 1. The Morgan fingerprint density at radius 1 is 1.11 bits per heavy atom.